The van der Waals surface area contributed by atoms with Crippen molar-refractivity contribution in [2.75, 3.05) is 31.1 Å². The molecule has 6 heteroatoms. The second-order valence-electron chi connectivity index (χ2n) is 5.65. The summed E-state index contributed by atoms with van der Waals surface area (Å²) in [6, 6.07) is 10.9. The Labute approximate surface area is 138 Å². The number of rotatable bonds is 3. The summed E-state index contributed by atoms with van der Waals surface area (Å²) in [5.74, 6) is -0.141. The maximum Gasteiger partial charge on any atom is 0.146 e. The molecule has 1 aliphatic rings. The molecule has 1 aromatic carbocycles. The first-order chi connectivity index (χ1) is 11.3. The second kappa shape index (κ2) is 6.22. The van der Waals surface area contributed by atoms with Gasteiger partial charge in [-0.3, -0.25) is 4.90 Å². The van der Waals surface area contributed by atoms with Crippen molar-refractivity contribution < 1.29 is 4.39 Å². The first kappa shape index (κ1) is 14.5. The Morgan fingerprint density at radius 3 is 2.65 bits per heavy atom. The Morgan fingerprint density at radius 2 is 1.87 bits per heavy atom. The van der Waals surface area contributed by atoms with Gasteiger partial charge in [-0.25, -0.2) is 14.4 Å². The molecule has 1 aliphatic heterocycles. The molecule has 4 rings (SSSR count). The lowest BCUT2D eigenvalue weighted by Gasteiger charge is -2.35. The van der Waals surface area contributed by atoms with Gasteiger partial charge in [-0.1, -0.05) is 23.5 Å². The zero-order valence-electron chi connectivity index (χ0n) is 12.7. The smallest absolute Gasteiger partial charge is 0.146 e. The van der Waals surface area contributed by atoms with Gasteiger partial charge in [0, 0.05) is 32.4 Å². The molecule has 0 amide bonds. The molecular weight excluding hydrogens is 311 g/mol. The molecule has 4 nitrogen and oxygen atoms in total. The number of fused-ring (bicyclic) bond motifs is 1. The van der Waals surface area contributed by atoms with Crippen molar-refractivity contribution in [3.05, 3.63) is 53.4 Å². The van der Waals surface area contributed by atoms with Gasteiger partial charge in [-0.05, 0) is 24.3 Å². The van der Waals surface area contributed by atoms with Crippen molar-refractivity contribution in [1.82, 2.24) is 14.9 Å². The summed E-state index contributed by atoms with van der Waals surface area (Å²) in [6.45, 7) is 4.34. The molecular formula is C17H17FN4S. The van der Waals surface area contributed by atoms with Crippen LogP contribution in [0.25, 0.3) is 10.3 Å². The van der Waals surface area contributed by atoms with Gasteiger partial charge in [0.05, 0.1) is 12.2 Å². The molecule has 0 aliphatic carbocycles. The van der Waals surface area contributed by atoms with Crippen molar-refractivity contribution in [2.45, 2.75) is 6.54 Å². The van der Waals surface area contributed by atoms with E-state index in [9.17, 15) is 4.39 Å². The Bertz CT molecular complexity index is 778. The lowest BCUT2D eigenvalue weighted by Crippen LogP contribution is -2.46. The number of aromatic nitrogens is 2. The number of para-hydroxylation sites is 1. The molecule has 0 unspecified atom stereocenters. The first-order valence-corrected chi connectivity index (χ1v) is 8.53. The minimum absolute atomic E-state index is 0.141. The van der Waals surface area contributed by atoms with Gasteiger partial charge in [0.15, 0.2) is 0 Å². The van der Waals surface area contributed by atoms with Crippen LogP contribution in [0, 0.1) is 5.82 Å². The topological polar surface area (TPSA) is 32.3 Å². The SMILES string of the molecule is Fc1ccccc1N1CCN(Cc2nc3cccnc3s2)CC1. The number of pyridine rings is 1. The highest BCUT2D eigenvalue weighted by Crippen LogP contribution is 2.23. The first-order valence-electron chi connectivity index (χ1n) is 7.72. The zero-order valence-corrected chi connectivity index (χ0v) is 13.5. The van der Waals surface area contributed by atoms with Gasteiger partial charge in [0.2, 0.25) is 0 Å². The predicted molar refractivity (Wildman–Crippen MR) is 91.3 cm³/mol. The number of halogens is 1. The van der Waals surface area contributed by atoms with Gasteiger partial charge in [-0.2, -0.15) is 0 Å². The van der Waals surface area contributed by atoms with E-state index >= 15 is 0 Å². The van der Waals surface area contributed by atoms with Crippen molar-refractivity contribution in [2.24, 2.45) is 0 Å². The normalized spacial score (nSPS) is 16.1. The minimum atomic E-state index is -0.141. The van der Waals surface area contributed by atoms with E-state index in [2.05, 4.69) is 19.8 Å². The average molecular weight is 328 g/mol. The van der Waals surface area contributed by atoms with Crippen molar-refractivity contribution in [1.29, 1.82) is 0 Å². The third kappa shape index (κ3) is 3.04. The third-order valence-corrected chi connectivity index (χ3v) is 5.10. The maximum atomic E-state index is 13.9. The second-order valence-corrected chi connectivity index (χ2v) is 6.71. The van der Waals surface area contributed by atoms with E-state index in [1.54, 1.807) is 23.6 Å². The highest BCUT2D eigenvalue weighted by molar-refractivity contribution is 7.18. The monoisotopic (exact) mass is 328 g/mol. The van der Waals surface area contributed by atoms with E-state index in [4.69, 9.17) is 0 Å². The van der Waals surface area contributed by atoms with Crippen LogP contribution in [0.3, 0.4) is 0 Å². The van der Waals surface area contributed by atoms with Gasteiger partial charge < -0.3 is 4.90 Å². The minimum Gasteiger partial charge on any atom is -0.367 e. The van der Waals surface area contributed by atoms with Gasteiger partial charge in [0.25, 0.3) is 0 Å². The summed E-state index contributed by atoms with van der Waals surface area (Å²) in [5.41, 5.74) is 1.67. The third-order valence-electron chi connectivity index (χ3n) is 4.14. The number of nitrogens with zero attached hydrogens (tertiary/aromatic N) is 4. The average Bonchev–Trinajstić information content (AvgIpc) is 2.98. The van der Waals surface area contributed by atoms with Crippen LogP contribution >= 0.6 is 11.3 Å². The molecule has 1 saturated heterocycles. The standard InChI is InChI=1S/C17H17FN4S/c18-13-4-1-2-6-15(13)22-10-8-21(9-11-22)12-16-20-14-5-3-7-19-17(14)23-16/h1-7H,8-12H2. The summed E-state index contributed by atoms with van der Waals surface area (Å²) < 4.78 is 13.9. The quantitative estimate of drug-likeness (QED) is 0.739. The van der Waals surface area contributed by atoms with E-state index < -0.39 is 0 Å². The van der Waals surface area contributed by atoms with Crippen LogP contribution < -0.4 is 4.90 Å². The van der Waals surface area contributed by atoms with Crippen molar-refractivity contribution in [3.63, 3.8) is 0 Å². The summed E-state index contributed by atoms with van der Waals surface area (Å²) in [7, 11) is 0. The number of piperazine rings is 1. The Kier molecular flexibility index (Phi) is 3.93. The zero-order chi connectivity index (χ0) is 15.6. The highest BCUT2D eigenvalue weighted by atomic mass is 32.1. The number of thiazole rings is 1. The number of benzene rings is 1. The van der Waals surface area contributed by atoms with Crippen molar-refractivity contribution >= 4 is 27.4 Å². The molecule has 3 heterocycles. The largest absolute Gasteiger partial charge is 0.367 e. The van der Waals surface area contributed by atoms with Crippen LogP contribution in [-0.2, 0) is 6.54 Å². The van der Waals surface area contributed by atoms with Crippen LogP contribution in [0.4, 0.5) is 10.1 Å². The molecule has 118 valence electrons. The fourth-order valence-electron chi connectivity index (χ4n) is 2.93. The van der Waals surface area contributed by atoms with E-state index in [-0.39, 0.29) is 5.82 Å². The maximum absolute atomic E-state index is 13.9. The van der Waals surface area contributed by atoms with E-state index in [1.165, 1.54) is 6.07 Å². The molecule has 0 radical (unpaired) electrons. The highest BCUT2D eigenvalue weighted by Gasteiger charge is 2.20. The number of hydrogen-bond donors (Lipinski definition) is 0. The lowest BCUT2D eigenvalue weighted by molar-refractivity contribution is 0.249. The van der Waals surface area contributed by atoms with E-state index in [1.807, 2.05) is 24.3 Å². The predicted octanol–water partition coefficient (Wildman–Crippen LogP) is 3.15. The van der Waals surface area contributed by atoms with Crippen molar-refractivity contribution in [3.8, 4) is 0 Å². The summed E-state index contributed by atoms with van der Waals surface area (Å²) in [4.78, 5) is 14.5. The Hall–Kier alpha value is -2.05. The number of anilines is 1. The molecule has 2 aromatic heterocycles. The Morgan fingerprint density at radius 1 is 1.04 bits per heavy atom. The van der Waals surface area contributed by atoms with Crippen LogP contribution in [0.5, 0.6) is 0 Å². The van der Waals surface area contributed by atoms with Crippen LogP contribution in [0.15, 0.2) is 42.6 Å². The number of hydrogen-bond acceptors (Lipinski definition) is 5. The van der Waals surface area contributed by atoms with Gasteiger partial charge in [0.1, 0.15) is 21.2 Å². The fraction of sp³-hybridized carbons (Fsp3) is 0.294. The van der Waals surface area contributed by atoms with Gasteiger partial charge >= 0.3 is 0 Å². The molecule has 3 aromatic rings. The molecule has 0 bridgehead atoms. The molecule has 0 atom stereocenters. The molecule has 0 saturated carbocycles. The molecule has 23 heavy (non-hydrogen) atoms. The summed E-state index contributed by atoms with van der Waals surface area (Å²) in [6.07, 6.45) is 1.80. The Balaban J connectivity index is 1.41. The van der Waals surface area contributed by atoms with Crippen LogP contribution in [0.2, 0.25) is 0 Å². The van der Waals surface area contributed by atoms with Crippen LogP contribution in [-0.4, -0.2) is 41.0 Å². The fourth-order valence-corrected chi connectivity index (χ4v) is 3.87. The summed E-state index contributed by atoms with van der Waals surface area (Å²) >= 11 is 1.65. The summed E-state index contributed by atoms with van der Waals surface area (Å²) in [5, 5.41) is 1.10. The van der Waals surface area contributed by atoms with Gasteiger partial charge in [-0.15, -0.1) is 0 Å². The van der Waals surface area contributed by atoms with Crippen LogP contribution in [0.1, 0.15) is 5.01 Å². The molecule has 0 spiro atoms. The van der Waals surface area contributed by atoms with E-state index in [0.29, 0.717) is 5.69 Å². The molecule has 0 N–H and O–H groups in total. The molecule has 1 fully saturated rings. The lowest BCUT2D eigenvalue weighted by atomic mass is 10.2. The van der Waals surface area contributed by atoms with E-state index in [0.717, 1.165) is 48.1 Å².